The van der Waals surface area contributed by atoms with E-state index in [1.54, 1.807) is 0 Å². The second kappa shape index (κ2) is 6.46. The molecule has 2 atom stereocenters. The highest BCUT2D eigenvalue weighted by Gasteiger charge is 2.29. The van der Waals surface area contributed by atoms with Crippen molar-refractivity contribution >= 4 is 0 Å². The molecule has 3 heteroatoms. The van der Waals surface area contributed by atoms with Crippen LogP contribution in [0.3, 0.4) is 0 Å². The first-order valence-corrected chi connectivity index (χ1v) is 6.18. The highest BCUT2D eigenvalue weighted by Crippen LogP contribution is 2.15. The van der Waals surface area contributed by atoms with Crippen LogP contribution < -0.4 is 5.32 Å². The Kier molecular flexibility index (Phi) is 5.58. The standard InChI is InChI=1S/C12H26N2O/c1-5-14(8-10(2)3)12-9-15-7-6-11(12)13-4/h10-13H,5-9H2,1-4H3. The Bertz CT molecular complexity index is 173. The van der Waals surface area contributed by atoms with E-state index >= 15 is 0 Å². The third-order valence-corrected chi connectivity index (χ3v) is 3.17. The van der Waals surface area contributed by atoms with Gasteiger partial charge in [0, 0.05) is 25.2 Å². The van der Waals surface area contributed by atoms with Crippen molar-refractivity contribution in [2.75, 3.05) is 33.4 Å². The Hall–Kier alpha value is -0.120. The van der Waals surface area contributed by atoms with Gasteiger partial charge >= 0.3 is 0 Å². The van der Waals surface area contributed by atoms with E-state index in [1.807, 2.05) is 0 Å². The average molecular weight is 214 g/mol. The molecule has 0 spiro atoms. The maximum atomic E-state index is 5.60. The minimum atomic E-state index is 0.552. The maximum absolute atomic E-state index is 5.60. The van der Waals surface area contributed by atoms with Crippen molar-refractivity contribution in [1.29, 1.82) is 0 Å². The summed E-state index contributed by atoms with van der Waals surface area (Å²) in [7, 11) is 2.06. The fourth-order valence-electron chi connectivity index (χ4n) is 2.39. The highest BCUT2D eigenvalue weighted by molar-refractivity contribution is 4.86. The Balaban J connectivity index is 2.55. The van der Waals surface area contributed by atoms with Crippen LogP contribution in [0.4, 0.5) is 0 Å². The quantitative estimate of drug-likeness (QED) is 0.747. The van der Waals surface area contributed by atoms with Crippen LogP contribution >= 0.6 is 0 Å². The van der Waals surface area contributed by atoms with Gasteiger partial charge in [-0.05, 0) is 25.9 Å². The molecule has 0 radical (unpaired) electrons. The van der Waals surface area contributed by atoms with Crippen molar-refractivity contribution in [1.82, 2.24) is 10.2 Å². The van der Waals surface area contributed by atoms with Crippen LogP contribution in [0.2, 0.25) is 0 Å². The minimum absolute atomic E-state index is 0.552. The van der Waals surface area contributed by atoms with Crippen molar-refractivity contribution in [2.45, 2.75) is 39.3 Å². The second-order valence-corrected chi connectivity index (χ2v) is 4.81. The minimum Gasteiger partial charge on any atom is -0.380 e. The monoisotopic (exact) mass is 214 g/mol. The molecule has 1 saturated heterocycles. The molecule has 0 aromatic carbocycles. The lowest BCUT2D eigenvalue weighted by Crippen LogP contribution is -2.55. The zero-order chi connectivity index (χ0) is 11.3. The molecule has 0 aromatic rings. The molecular formula is C12H26N2O. The average Bonchev–Trinajstić information content (AvgIpc) is 2.25. The number of rotatable bonds is 5. The summed E-state index contributed by atoms with van der Waals surface area (Å²) in [6.45, 7) is 10.9. The van der Waals surface area contributed by atoms with Crippen molar-refractivity contribution in [3.63, 3.8) is 0 Å². The fourth-order valence-corrected chi connectivity index (χ4v) is 2.39. The van der Waals surface area contributed by atoms with Crippen molar-refractivity contribution in [3.8, 4) is 0 Å². The van der Waals surface area contributed by atoms with E-state index in [4.69, 9.17) is 4.74 Å². The summed E-state index contributed by atoms with van der Waals surface area (Å²) in [5, 5.41) is 3.42. The molecule has 3 nitrogen and oxygen atoms in total. The molecule has 0 amide bonds. The third kappa shape index (κ3) is 3.74. The number of likely N-dealkylation sites (N-methyl/N-ethyl adjacent to an activating group) is 2. The topological polar surface area (TPSA) is 24.5 Å². The van der Waals surface area contributed by atoms with Crippen LogP contribution in [0, 0.1) is 5.92 Å². The Labute approximate surface area is 94.2 Å². The van der Waals surface area contributed by atoms with Crippen molar-refractivity contribution < 1.29 is 4.74 Å². The largest absolute Gasteiger partial charge is 0.380 e. The van der Waals surface area contributed by atoms with E-state index in [0.717, 1.165) is 32.1 Å². The molecule has 15 heavy (non-hydrogen) atoms. The van der Waals surface area contributed by atoms with Crippen LogP contribution in [-0.2, 0) is 4.74 Å². The van der Waals surface area contributed by atoms with Crippen LogP contribution in [0.15, 0.2) is 0 Å². The molecule has 2 unspecified atom stereocenters. The lowest BCUT2D eigenvalue weighted by molar-refractivity contribution is -0.00340. The molecular weight excluding hydrogens is 188 g/mol. The summed E-state index contributed by atoms with van der Waals surface area (Å²) in [5.74, 6) is 0.726. The fraction of sp³-hybridized carbons (Fsp3) is 1.00. The van der Waals surface area contributed by atoms with Gasteiger partial charge in [-0.1, -0.05) is 20.8 Å². The van der Waals surface area contributed by atoms with Gasteiger partial charge in [0.25, 0.3) is 0 Å². The van der Waals surface area contributed by atoms with E-state index in [0.29, 0.717) is 12.1 Å². The molecule has 90 valence electrons. The number of nitrogens with zero attached hydrogens (tertiary/aromatic N) is 1. The number of hydrogen-bond acceptors (Lipinski definition) is 3. The third-order valence-electron chi connectivity index (χ3n) is 3.17. The van der Waals surface area contributed by atoms with Gasteiger partial charge in [-0.2, -0.15) is 0 Å². The van der Waals surface area contributed by atoms with Gasteiger partial charge in [-0.25, -0.2) is 0 Å². The summed E-state index contributed by atoms with van der Waals surface area (Å²) in [6.07, 6.45) is 1.13. The molecule has 1 fully saturated rings. The molecule has 1 heterocycles. The van der Waals surface area contributed by atoms with Crippen molar-refractivity contribution in [3.05, 3.63) is 0 Å². The van der Waals surface area contributed by atoms with Gasteiger partial charge in [0.15, 0.2) is 0 Å². The predicted octanol–water partition coefficient (Wildman–Crippen LogP) is 1.34. The van der Waals surface area contributed by atoms with Gasteiger partial charge in [-0.15, -0.1) is 0 Å². The molecule has 0 aromatic heterocycles. The van der Waals surface area contributed by atoms with Gasteiger partial charge < -0.3 is 10.1 Å². The van der Waals surface area contributed by atoms with E-state index in [1.165, 1.54) is 6.54 Å². The smallest absolute Gasteiger partial charge is 0.0637 e. The SMILES string of the molecule is CCN(CC(C)C)C1COCCC1NC. The van der Waals surface area contributed by atoms with E-state index in [2.05, 4.69) is 38.0 Å². The zero-order valence-corrected chi connectivity index (χ0v) is 10.6. The van der Waals surface area contributed by atoms with Gasteiger partial charge in [-0.3, -0.25) is 4.90 Å². The first kappa shape index (κ1) is 12.9. The van der Waals surface area contributed by atoms with Crippen molar-refractivity contribution in [2.24, 2.45) is 5.92 Å². The molecule has 0 aliphatic carbocycles. The Morgan fingerprint density at radius 3 is 2.73 bits per heavy atom. The summed E-state index contributed by atoms with van der Waals surface area (Å²) < 4.78 is 5.60. The maximum Gasteiger partial charge on any atom is 0.0637 e. The van der Waals surface area contributed by atoms with E-state index in [-0.39, 0.29) is 0 Å². The number of nitrogens with one attached hydrogen (secondary N) is 1. The lowest BCUT2D eigenvalue weighted by atomic mass is 10.0. The normalized spacial score (nSPS) is 27.6. The van der Waals surface area contributed by atoms with Crippen LogP contribution in [0.5, 0.6) is 0 Å². The highest BCUT2D eigenvalue weighted by atomic mass is 16.5. The first-order valence-electron chi connectivity index (χ1n) is 6.18. The number of ether oxygens (including phenoxy) is 1. The summed E-state index contributed by atoms with van der Waals surface area (Å²) >= 11 is 0. The second-order valence-electron chi connectivity index (χ2n) is 4.81. The summed E-state index contributed by atoms with van der Waals surface area (Å²) in [6, 6.07) is 1.15. The zero-order valence-electron chi connectivity index (χ0n) is 10.6. The molecule has 1 rings (SSSR count). The molecule has 0 saturated carbocycles. The Morgan fingerprint density at radius 2 is 2.20 bits per heavy atom. The van der Waals surface area contributed by atoms with Gasteiger partial charge in [0.1, 0.15) is 0 Å². The predicted molar refractivity (Wildman–Crippen MR) is 64.2 cm³/mol. The molecule has 0 bridgehead atoms. The lowest BCUT2D eigenvalue weighted by Gasteiger charge is -2.40. The summed E-state index contributed by atoms with van der Waals surface area (Å²) in [4.78, 5) is 2.55. The first-order chi connectivity index (χ1) is 7.19. The van der Waals surface area contributed by atoms with Gasteiger partial charge in [0.05, 0.1) is 6.61 Å². The van der Waals surface area contributed by atoms with E-state index < -0.39 is 0 Å². The summed E-state index contributed by atoms with van der Waals surface area (Å²) in [5.41, 5.74) is 0. The Morgan fingerprint density at radius 1 is 1.47 bits per heavy atom. The van der Waals surface area contributed by atoms with Crippen LogP contribution in [-0.4, -0.2) is 50.3 Å². The molecule has 1 aliphatic heterocycles. The van der Waals surface area contributed by atoms with E-state index in [9.17, 15) is 0 Å². The van der Waals surface area contributed by atoms with Gasteiger partial charge in [0.2, 0.25) is 0 Å². The number of hydrogen-bond donors (Lipinski definition) is 1. The van der Waals surface area contributed by atoms with Crippen LogP contribution in [0.1, 0.15) is 27.2 Å². The van der Waals surface area contributed by atoms with Crippen LogP contribution in [0.25, 0.3) is 0 Å². The molecule has 1 aliphatic rings. The molecule has 1 N–H and O–H groups in total.